The molecule has 0 saturated heterocycles. The lowest BCUT2D eigenvalue weighted by molar-refractivity contribution is 0.0123. The maximum absolute atomic E-state index is 12.3. The van der Waals surface area contributed by atoms with E-state index < -0.39 is 15.4 Å². The van der Waals surface area contributed by atoms with Gasteiger partial charge >= 0.3 is 0 Å². The zero-order valence-electron chi connectivity index (χ0n) is 13.7. The van der Waals surface area contributed by atoms with Gasteiger partial charge in [0.25, 0.3) is 0 Å². The van der Waals surface area contributed by atoms with Crippen LogP contribution in [0.15, 0.2) is 23.4 Å². The average molecular weight is 392 g/mol. The van der Waals surface area contributed by atoms with Crippen LogP contribution in [0.2, 0.25) is 10.0 Å². The van der Waals surface area contributed by atoms with Gasteiger partial charge in [0.05, 0.1) is 22.4 Å². The van der Waals surface area contributed by atoms with Gasteiger partial charge < -0.3 is 9.57 Å². The summed E-state index contributed by atoms with van der Waals surface area (Å²) < 4.78 is 29.9. The summed E-state index contributed by atoms with van der Waals surface area (Å²) in [6.45, 7) is 5.90. The summed E-state index contributed by atoms with van der Waals surface area (Å²) in [5, 5.41) is 4.59. The number of ether oxygens (including phenoxy) is 1. The highest BCUT2D eigenvalue weighted by molar-refractivity contribution is 8.06. The summed E-state index contributed by atoms with van der Waals surface area (Å²) in [4.78, 5) is 5.11. The molecular weight excluding hydrogens is 373 g/mol. The van der Waals surface area contributed by atoms with Gasteiger partial charge in [0.15, 0.2) is 14.9 Å². The number of nitrogens with zero attached hydrogens (tertiary/aromatic N) is 1. The Bertz CT molecular complexity index is 786. The molecule has 1 aliphatic heterocycles. The number of rotatable bonds is 5. The minimum Gasteiger partial charge on any atom is -0.492 e. The van der Waals surface area contributed by atoms with Crippen LogP contribution in [0.5, 0.6) is 5.75 Å². The second-order valence-corrected chi connectivity index (χ2v) is 8.78. The van der Waals surface area contributed by atoms with Gasteiger partial charge in [0.1, 0.15) is 11.4 Å². The number of oxime groups is 1. The molecule has 0 atom stereocenters. The SMILES string of the molecule is CCOc1cc(Cl)c(C=CCS(=O)(=O)C2=NOC(C)(C)C2)cc1Cl. The van der Waals surface area contributed by atoms with Gasteiger partial charge in [-0.15, -0.1) is 0 Å². The third-order valence-corrected chi connectivity index (χ3v) is 5.49. The van der Waals surface area contributed by atoms with Crippen LogP contribution in [0.4, 0.5) is 0 Å². The highest BCUT2D eigenvalue weighted by Gasteiger charge is 2.35. The Morgan fingerprint density at radius 3 is 2.62 bits per heavy atom. The first-order valence-electron chi connectivity index (χ1n) is 7.41. The minimum absolute atomic E-state index is 0.0629. The van der Waals surface area contributed by atoms with Gasteiger partial charge in [0.2, 0.25) is 0 Å². The van der Waals surface area contributed by atoms with Gasteiger partial charge in [-0.25, -0.2) is 8.42 Å². The Balaban J connectivity index is 2.11. The monoisotopic (exact) mass is 391 g/mol. The van der Waals surface area contributed by atoms with Gasteiger partial charge in [0, 0.05) is 12.5 Å². The van der Waals surface area contributed by atoms with Crippen LogP contribution in [0, 0.1) is 0 Å². The maximum Gasteiger partial charge on any atom is 0.198 e. The summed E-state index contributed by atoms with van der Waals surface area (Å²) in [6.07, 6.45) is 3.39. The van der Waals surface area contributed by atoms with Crippen LogP contribution < -0.4 is 4.74 Å². The highest BCUT2D eigenvalue weighted by atomic mass is 35.5. The van der Waals surface area contributed by atoms with E-state index in [4.69, 9.17) is 32.8 Å². The van der Waals surface area contributed by atoms with Gasteiger partial charge in [-0.3, -0.25) is 0 Å². The molecule has 0 spiro atoms. The zero-order valence-corrected chi connectivity index (χ0v) is 16.0. The molecule has 0 aromatic heterocycles. The Labute approximate surface area is 152 Å². The van der Waals surface area contributed by atoms with Gasteiger partial charge in [-0.1, -0.05) is 40.5 Å². The number of benzene rings is 1. The van der Waals surface area contributed by atoms with E-state index >= 15 is 0 Å². The molecule has 0 radical (unpaired) electrons. The predicted octanol–water partition coefficient (Wildman–Crippen LogP) is 4.33. The van der Waals surface area contributed by atoms with Gasteiger partial charge in [-0.2, -0.15) is 0 Å². The van der Waals surface area contributed by atoms with Crippen molar-refractivity contribution >= 4 is 44.2 Å². The first kappa shape index (κ1) is 19.1. The van der Waals surface area contributed by atoms with Crippen molar-refractivity contribution in [2.75, 3.05) is 12.4 Å². The van der Waals surface area contributed by atoms with Crippen molar-refractivity contribution in [1.29, 1.82) is 0 Å². The summed E-state index contributed by atoms with van der Waals surface area (Å²) in [7, 11) is -3.50. The number of hydrogen-bond donors (Lipinski definition) is 0. The molecule has 132 valence electrons. The molecule has 0 unspecified atom stereocenters. The second-order valence-electron chi connectivity index (χ2n) is 5.93. The quantitative estimate of drug-likeness (QED) is 0.748. The van der Waals surface area contributed by atoms with Crippen molar-refractivity contribution in [1.82, 2.24) is 0 Å². The molecule has 0 fully saturated rings. The maximum atomic E-state index is 12.3. The molecule has 0 saturated carbocycles. The second kappa shape index (κ2) is 7.33. The van der Waals surface area contributed by atoms with Crippen molar-refractivity contribution in [3.05, 3.63) is 33.8 Å². The Hall–Kier alpha value is -1.24. The van der Waals surface area contributed by atoms with Crippen LogP contribution in [0.3, 0.4) is 0 Å². The van der Waals surface area contributed by atoms with E-state index in [2.05, 4.69) is 5.16 Å². The molecule has 8 heteroatoms. The summed E-state index contributed by atoms with van der Waals surface area (Å²) in [5.41, 5.74) is 0.0307. The smallest absolute Gasteiger partial charge is 0.198 e. The largest absolute Gasteiger partial charge is 0.492 e. The van der Waals surface area contributed by atoms with Crippen molar-refractivity contribution in [2.45, 2.75) is 32.8 Å². The van der Waals surface area contributed by atoms with E-state index in [0.29, 0.717) is 28.0 Å². The molecule has 0 amide bonds. The molecule has 24 heavy (non-hydrogen) atoms. The third-order valence-electron chi connectivity index (χ3n) is 3.29. The third kappa shape index (κ3) is 4.65. The fourth-order valence-corrected chi connectivity index (χ4v) is 3.81. The van der Waals surface area contributed by atoms with Crippen LogP contribution in [0.1, 0.15) is 32.8 Å². The van der Waals surface area contributed by atoms with Gasteiger partial charge in [-0.05, 0) is 32.4 Å². The van der Waals surface area contributed by atoms with Crippen LogP contribution >= 0.6 is 23.2 Å². The van der Waals surface area contributed by atoms with Crippen LogP contribution in [-0.2, 0) is 14.7 Å². The molecule has 1 aromatic carbocycles. The summed E-state index contributed by atoms with van der Waals surface area (Å²) in [5.74, 6) is 0.306. The van der Waals surface area contributed by atoms with Crippen molar-refractivity contribution in [2.24, 2.45) is 5.16 Å². The van der Waals surface area contributed by atoms with Crippen LogP contribution in [-0.4, -0.2) is 31.4 Å². The lowest BCUT2D eigenvalue weighted by Gasteiger charge is -2.12. The van der Waals surface area contributed by atoms with Crippen molar-refractivity contribution in [3.63, 3.8) is 0 Å². The fraction of sp³-hybridized carbons (Fsp3) is 0.438. The number of hydrogen-bond acceptors (Lipinski definition) is 5. The molecule has 1 heterocycles. The van der Waals surface area contributed by atoms with E-state index in [1.54, 1.807) is 32.1 Å². The molecule has 0 bridgehead atoms. The molecule has 0 aliphatic carbocycles. The lowest BCUT2D eigenvalue weighted by atomic mass is 10.1. The first-order valence-corrected chi connectivity index (χ1v) is 9.81. The predicted molar refractivity (Wildman–Crippen MR) is 97.7 cm³/mol. The van der Waals surface area contributed by atoms with Crippen molar-refractivity contribution < 1.29 is 18.0 Å². The summed E-state index contributed by atoms with van der Waals surface area (Å²) >= 11 is 12.3. The standard InChI is InChI=1S/C16H19Cl2NO4S/c1-4-22-14-9-12(17)11(8-13(14)18)6-5-7-24(20,21)15-10-16(2,3)23-19-15/h5-6,8-9H,4,7,10H2,1-3H3. The molecule has 0 N–H and O–H groups in total. The molecule has 1 aromatic rings. The first-order chi connectivity index (χ1) is 11.1. The Morgan fingerprint density at radius 2 is 2.04 bits per heavy atom. The average Bonchev–Trinajstić information content (AvgIpc) is 2.85. The Morgan fingerprint density at radius 1 is 1.33 bits per heavy atom. The highest BCUT2D eigenvalue weighted by Crippen LogP contribution is 2.32. The van der Waals surface area contributed by atoms with E-state index in [1.165, 1.54) is 6.08 Å². The number of halogens is 2. The molecule has 5 nitrogen and oxygen atoms in total. The summed E-state index contributed by atoms with van der Waals surface area (Å²) in [6, 6.07) is 3.25. The minimum atomic E-state index is -3.50. The zero-order chi connectivity index (χ0) is 18.0. The topological polar surface area (TPSA) is 65.0 Å². The van der Waals surface area contributed by atoms with E-state index in [1.807, 2.05) is 6.92 Å². The molecule has 1 aliphatic rings. The van der Waals surface area contributed by atoms with E-state index in [-0.39, 0.29) is 17.2 Å². The molecular formula is C16H19Cl2NO4S. The van der Waals surface area contributed by atoms with Crippen molar-refractivity contribution in [3.8, 4) is 5.75 Å². The Kier molecular flexibility index (Phi) is 5.83. The van der Waals surface area contributed by atoms with E-state index in [9.17, 15) is 8.42 Å². The van der Waals surface area contributed by atoms with E-state index in [0.717, 1.165) is 0 Å². The van der Waals surface area contributed by atoms with Crippen LogP contribution in [0.25, 0.3) is 6.08 Å². The normalized spacial score (nSPS) is 17.0. The fourth-order valence-electron chi connectivity index (χ4n) is 2.11. The molecule has 2 rings (SSSR count). The number of sulfone groups is 1. The lowest BCUT2D eigenvalue weighted by Crippen LogP contribution is -2.23.